The lowest BCUT2D eigenvalue weighted by Gasteiger charge is -2.38. The van der Waals surface area contributed by atoms with Gasteiger partial charge in [-0.2, -0.15) is 0 Å². The van der Waals surface area contributed by atoms with Gasteiger partial charge < -0.3 is 19.9 Å². The molecule has 2 aliphatic rings. The Hall–Kier alpha value is -2.26. The van der Waals surface area contributed by atoms with Crippen LogP contribution in [0, 0.1) is 17.5 Å². The van der Waals surface area contributed by atoms with Gasteiger partial charge in [-0.1, -0.05) is 0 Å². The largest absolute Gasteiger partial charge is 0.477 e. The van der Waals surface area contributed by atoms with Crippen molar-refractivity contribution in [2.24, 2.45) is 0 Å². The molecule has 4 rings (SSSR count). The molecule has 1 saturated heterocycles. The average molecular weight is 437 g/mol. The number of aromatic nitrogens is 1. The highest BCUT2D eigenvalue weighted by atomic mass is 35.5. The summed E-state index contributed by atoms with van der Waals surface area (Å²) in [6, 6.07) is -3.45. The van der Waals surface area contributed by atoms with E-state index in [9.17, 15) is 14.7 Å². The molecule has 2 fully saturated rings. The van der Waals surface area contributed by atoms with E-state index in [1.54, 1.807) is 13.8 Å². The second-order valence-electron chi connectivity index (χ2n) is 7.03. The fourth-order valence-electron chi connectivity index (χ4n) is 3.72. The van der Waals surface area contributed by atoms with Gasteiger partial charge in [0.25, 0.3) is 0 Å². The third-order valence-electron chi connectivity index (χ3n) is 4.83. The molecule has 2 heterocycles. The molecule has 2 aromatic rings. The molecular weight excluding hydrogens is 411 g/mol. The highest BCUT2D eigenvalue weighted by Gasteiger charge is 2.35. The topological polar surface area (TPSA) is 74.6 Å². The minimum atomic E-state index is -2.95. The molecule has 0 bridgehead atoms. The molecule has 0 unspecified atom stereocenters. The molecule has 6 nitrogen and oxygen atoms in total. The zero-order valence-electron chi connectivity index (χ0n) is 20.3. The van der Waals surface area contributed by atoms with Crippen LogP contribution >= 0.6 is 12.4 Å². The first-order valence-corrected chi connectivity index (χ1v) is 8.60. The Morgan fingerprint density at radius 3 is 2.31 bits per heavy atom. The number of anilines is 1. The lowest BCUT2D eigenvalue weighted by atomic mass is 10.1. The summed E-state index contributed by atoms with van der Waals surface area (Å²) in [5, 5.41) is 11.2. The van der Waals surface area contributed by atoms with Gasteiger partial charge in [-0.3, -0.25) is 4.79 Å². The molecule has 29 heavy (non-hydrogen) atoms. The molecule has 1 saturated carbocycles. The van der Waals surface area contributed by atoms with Crippen LogP contribution in [0.2, 0.25) is 0 Å². The molecule has 0 amide bonds. The zero-order chi connectivity index (χ0) is 24.8. The van der Waals surface area contributed by atoms with Gasteiger partial charge >= 0.3 is 5.97 Å². The van der Waals surface area contributed by atoms with Crippen LogP contribution in [-0.2, 0) is 0 Å². The molecule has 1 aromatic carbocycles. The summed E-state index contributed by atoms with van der Waals surface area (Å²) in [6.45, 7) is 3.57. The van der Waals surface area contributed by atoms with Crippen molar-refractivity contribution in [3.63, 3.8) is 0 Å². The second-order valence-corrected chi connectivity index (χ2v) is 7.03. The van der Waals surface area contributed by atoms with Gasteiger partial charge in [-0.05, 0) is 26.6 Å². The summed E-state index contributed by atoms with van der Waals surface area (Å²) in [4.78, 5) is 25.4. The Labute approximate surface area is 177 Å². The molecule has 158 valence electrons. The number of benzene rings is 1. The predicted octanol–water partition coefficient (Wildman–Crippen LogP) is 3.06. The van der Waals surface area contributed by atoms with Crippen LogP contribution in [0.25, 0.3) is 10.9 Å². The van der Waals surface area contributed by atoms with Crippen molar-refractivity contribution in [1.29, 1.82) is 0 Å². The molecule has 10 heteroatoms. The van der Waals surface area contributed by atoms with Gasteiger partial charge in [0.05, 0.1) is 12.3 Å². The Balaban J connectivity index is 0.00000324. The first-order chi connectivity index (χ1) is 15.1. The summed E-state index contributed by atoms with van der Waals surface area (Å²) >= 11 is 0. The number of fused-ring (bicyclic) bond motifs is 1. The molecule has 1 aromatic heterocycles. The van der Waals surface area contributed by atoms with E-state index in [2.05, 4.69) is 5.32 Å². The van der Waals surface area contributed by atoms with E-state index in [4.69, 9.17) is 6.85 Å². The van der Waals surface area contributed by atoms with Gasteiger partial charge in [0, 0.05) is 42.9 Å². The van der Waals surface area contributed by atoms with Crippen molar-refractivity contribution in [2.75, 3.05) is 18.0 Å². The zero-order valence-corrected chi connectivity index (χ0v) is 16.2. The number of carbonyl (C=O) groups is 1. The summed E-state index contributed by atoms with van der Waals surface area (Å²) in [5.74, 6) is -7.00. The van der Waals surface area contributed by atoms with Gasteiger partial charge in [-0.15, -0.1) is 12.4 Å². The van der Waals surface area contributed by atoms with Crippen molar-refractivity contribution in [1.82, 2.24) is 9.88 Å². The van der Waals surface area contributed by atoms with E-state index in [-0.39, 0.29) is 42.1 Å². The van der Waals surface area contributed by atoms with E-state index in [1.807, 2.05) is 0 Å². The third-order valence-corrected chi connectivity index (χ3v) is 4.83. The number of piperazine rings is 1. The highest BCUT2D eigenvalue weighted by molar-refractivity contribution is 5.94. The Morgan fingerprint density at radius 1 is 1.21 bits per heavy atom. The number of aromatic carboxylic acids is 1. The number of rotatable bonds is 3. The maximum atomic E-state index is 15.9. The minimum Gasteiger partial charge on any atom is -0.477 e. The number of nitrogens with one attached hydrogen (secondary N) is 1. The number of carboxylic acid groups (broad SMARTS) is 1. The fraction of sp³-hybridized carbons (Fsp3) is 0.474. The van der Waals surface area contributed by atoms with Crippen LogP contribution in [0.3, 0.4) is 0 Å². The molecule has 1 aliphatic carbocycles. The number of hydrogen-bond acceptors (Lipinski definition) is 4. The lowest BCUT2D eigenvalue weighted by molar-refractivity contribution is 0.0694. The smallest absolute Gasteiger partial charge is 0.341 e. The van der Waals surface area contributed by atoms with Gasteiger partial charge in [0.15, 0.2) is 17.5 Å². The minimum absolute atomic E-state index is 0. The molecule has 0 radical (unpaired) electrons. The molecular formula is C19H21ClF3N3O3. The number of hydrogen-bond donors (Lipinski definition) is 2. The van der Waals surface area contributed by atoms with Crippen LogP contribution in [0.15, 0.2) is 11.0 Å². The Morgan fingerprint density at radius 2 is 1.79 bits per heavy atom. The normalized spacial score (nSPS) is 29.0. The summed E-state index contributed by atoms with van der Waals surface area (Å²) in [6.07, 6.45) is -5.49. The highest BCUT2D eigenvalue weighted by Crippen LogP contribution is 2.40. The Kier molecular flexibility index (Phi) is 4.04. The second kappa shape index (κ2) is 7.53. The summed E-state index contributed by atoms with van der Waals surface area (Å²) in [5.41, 5.74) is -4.68. The Bertz CT molecular complexity index is 1250. The molecule has 0 spiro atoms. The predicted molar refractivity (Wildman–Crippen MR) is 105 cm³/mol. The number of halogens is 4. The first-order valence-electron chi connectivity index (χ1n) is 11.1. The maximum Gasteiger partial charge on any atom is 0.341 e. The average Bonchev–Trinajstić information content (AvgIpc) is 3.01. The van der Waals surface area contributed by atoms with Crippen LogP contribution < -0.4 is 15.6 Å². The van der Waals surface area contributed by atoms with Crippen molar-refractivity contribution >= 4 is 35.0 Å². The van der Waals surface area contributed by atoms with E-state index < -0.39 is 69.8 Å². The fourth-order valence-corrected chi connectivity index (χ4v) is 3.72. The summed E-state index contributed by atoms with van der Waals surface area (Å²) in [7, 11) is 0. The molecule has 1 aliphatic heterocycles. The van der Waals surface area contributed by atoms with Crippen molar-refractivity contribution < 1.29 is 29.9 Å². The maximum absolute atomic E-state index is 15.9. The number of pyridine rings is 1. The van der Waals surface area contributed by atoms with Crippen LogP contribution in [0.4, 0.5) is 18.9 Å². The first kappa shape index (κ1) is 15.6. The lowest BCUT2D eigenvalue weighted by Crippen LogP contribution is -2.54. The third kappa shape index (κ3) is 3.46. The van der Waals surface area contributed by atoms with Crippen molar-refractivity contribution in [2.45, 2.75) is 44.7 Å². The van der Waals surface area contributed by atoms with Crippen LogP contribution in [0.5, 0.6) is 0 Å². The van der Waals surface area contributed by atoms with E-state index in [0.717, 1.165) is 0 Å². The summed E-state index contributed by atoms with van der Waals surface area (Å²) < 4.78 is 86.4. The van der Waals surface area contributed by atoms with Crippen LogP contribution in [-0.4, -0.2) is 40.8 Å². The van der Waals surface area contributed by atoms with Crippen LogP contribution in [0.1, 0.15) is 49.8 Å². The van der Waals surface area contributed by atoms with E-state index in [0.29, 0.717) is 6.20 Å². The van der Waals surface area contributed by atoms with Crippen molar-refractivity contribution in [3.05, 3.63) is 39.4 Å². The van der Waals surface area contributed by atoms with Gasteiger partial charge in [-0.25, -0.2) is 18.0 Å². The van der Waals surface area contributed by atoms with Gasteiger partial charge in [0.2, 0.25) is 5.43 Å². The molecule has 2 N–H and O–H groups in total. The molecule has 2 atom stereocenters. The number of nitrogens with zero attached hydrogens (tertiary/aromatic N) is 2. The standard InChI is InChI=1S/C19H20F3N3O3.ClH/c1-8-5-24(6-9(2)23-8)17-14(21)13(20)12-16(15(17)22)25(10-3-4-10)7-11(18(12)26)19(27)28;/h7-10,23H,3-6H2,1-2H3,(H,27,28);1H/t8-,9+;/i3D2,4D2,10D;. The van der Waals surface area contributed by atoms with E-state index in [1.165, 1.54) is 4.90 Å². The van der Waals surface area contributed by atoms with Crippen molar-refractivity contribution in [3.8, 4) is 0 Å². The monoisotopic (exact) mass is 436 g/mol. The quantitative estimate of drug-likeness (QED) is 0.723. The van der Waals surface area contributed by atoms with E-state index >= 15 is 13.2 Å². The van der Waals surface area contributed by atoms with Gasteiger partial charge in [0.1, 0.15) is 11.3 Å². The number of carboxylic acids is 1. The SMILES string of the molecule is Cl.[2H]C1([2H])C([2H])([2H])C1([2H])n1cc(C(=O)O)c(=O)c2c(F)c(F)c(N3C[C@@H](C)N[C@@H](C)C3)c(F)c21.